The molecular weight excluding hydrogens is 314 g/mol. The molecule has 3 aromatic carbocycles. The smallest absolute Gasteiger partial charge is 0.268 e. The van der Waals surface area contributed by atoms with E-state index >= 15 is 0 Å². The van der Waals surface area contributed by atoms with Crippen LogP contribution in [-0.4, -0.2) is 23.7 Å². The van der Waals surface area contributed by atoms with E-state index in [9.17, 15) is 9.90 Å². The highest BCUT2D eigenvalue weighted by Gasteiger charge is 2.33. The van der Waals surface area contributed by atoms with Crippen molar-refractivity contribution in [3.63, 3.8) is 0 Å². The van der Waals surface area contributed by atoms with E-state index in [0.29, 0.717) is 18.7 Å². The van der Waals surface area contributed by atoms with E-state index in [1.54, 1.807) is 4.90 Å². The molecule has 0 bridgehead atoms. The van der Waals surface area contributed by atoms with Gasteiger partial charge in [-0.25, -0.2) is 0 Å². The summed E-state index contributed by atoms with van der Waals surface area (Å²) in [5, 5.41) is 11.6. The van der Waals surface area contributed by atoms with Crippen LogP contribution in [-0.2, 0) is 11.3 Å². The number of carbonyl (C=O) groups excluding carboxylic acids is 1. The first-order chi connectivity index (χ1) is 12.3. The summed E-state index contributed by atoms with van der Waals surface area (Å²) in [6.45, 7) is 0.397. The summed E-state index contributed by atoms with van der Waals surface area (Å²) in [5.74, 6) is 0.572. The summed E-state index contributed by atoms with van der Waals surface area (Å²) in [7, 11) is 0. The summed E-state index contributed by atoms with van der Waals surface area (Å²) in [6.07, 6.45) is -0.346. The molecule has 4 nitrogen and oxygen atoms in total. The van der Waals surface area contributed by atoms with Gasteiger partial charge >= 0.3 is 0 Å². The highest BCUT2D eigenvalue weighted by Crippen LogP contribution is 2.35. The first-order valence-electron chi connectivity index (χ1n) is 8.42. The van der Waals surface area contributed by atoms with Crippen molar-refractivity contribution in [1.82, 2.24) is 0 Å². The molecule has 3 aromatic rings. The monoisotopic (exact) mass is 333 g/mol. The molecule has 1 heterocycles. The third-order valence-electron chi connectivity index (χ3n) is 4.51. The van der Waals surface area contributed by atoms with Gasteiger partial charge in [0.15, 0.2) is 6.10 Å². The van der Waals surface area contributed by atoms with Gasteiger partial charge in [0, 0.05) is 13.0 Å². The second-order valence-electron chi connectivity index (χ2n) is 6.19. The molecule has 0 saturated carbocycles. The minimum atomic E-state index is -0.639. The van der Waals surface area contributed by atoms with E-state index in [0.717, 1.165) is 16.6 Å². The molecule has 25 heavy (non-hydrogen) atoms. The maximum absolute atomic E-state index is 12.8. The molecule has 1 atom stereocenters. The molecule has 1 aliphatic heterocycles. The molecular formula is C21H19NO3. The molecule has 126 valence electrons. The number of carbonyl (C=O) groups is 1. The van der Waals surface area contributed by atoms with Crippen LogP contribution < -0.4 is 9.64 Å². The zero-order chi connectivity index (χ0) is 17.2. The number of nitrogens with zero attached hydrogens (tertiary/aromatic N) is 1. The molecule has 1 N–H and O–H groups in total. The maximum atomic E-state index is 12.8. The van der Waals surface area contributed by atoms with E-state index < -0.39 is 6.10 Å². The molecule has 0 spiro atoms. The first-order valence-corrected chi connectivity index (χ1v) is 8.42. The minimum Gasteiger partial charge on any atom is -0.478 e. The van der Waals surface area contributed by atoms with Gasteiger partial charge in [0.1, 0.15) is 5.75 Å². The van der Waals surface area contributed by atoms with E-state index in [1.807, 2.05) is 36.4 Å². The van der Waals surface area contributed by atoms with Gasteiger partial charge in [-0.05, 0) is 34.5 Å². The van der Waals surface area contributed by atoms with Crippen molar-refractivity contribution in [3.05, 3.63) is 72.3 Å². The SMILES string of the molecule is O=C1C(CCO)Oc2ccccc2N1Cc1ccc2ccccc2c1. The van der Waals surface area contributed by atoms with Crippen molar-refractivity contribution in [3.8, 4) is 5.75 Å². The number of anilines is 1. The number of ether oxygens (including phenoxy) is 1. The molecule has 4 heteroatoms. The Morgan fingerprint density at radius 3 is 2.56 bits per heavy atom. The van der Waals surface area contributed by atoms with Crippen LogP contribution in [0.1, 0.15) is 12.0 Å². The van der Waals surface area contributed by atoms with Crippen molar-refractivity contribution < 1.29 is 14.6 Å². The minimum absolute atomic E-state index is 0.0810. The van der Waals surface area contributed by atoms with E-state index in [-0.39, 0.29) is 12.5 Å². The lowest BCUT2D eigenvalue weighted by Gasteiger charge is -2.34. The Bertz CT molecular complexity index is 922. The largest absolute Gasteiger partial charge is 0.478 e. The Balaban J connectivity index is 1.70. The topological polar surface area (TPSA) is 49.8 Å². The third kappa shape index (κ3) is 2.96. The van der Waals surface area contributed by atoms with Crippen molar-refractivity contribution in [1.29, 1.82) is 0 Å². The van der Waals surface area contributed by atoms with Crippen molar-refractivity contribution in [2.45, 2.75) is 19.1 Å². The second-order valence-corrected chi connectivity index (χ2v) is 6.19. The zero-order valence-electron chi connectivity index (χ0n) is 13.8. The summed E-state index contributed by atoms with van der Waals surface area (Å²) >= 11 is 0. The number of amides is 1. The van der Waals surface area contributed by atoms with Gasteiger partial charge in [-0.1, -0.05) is 48.5 Å². The molecule has 4 rings (SSSR count). The standard InChI is InChI=1S/C21H19NO3/c23-12-11-20-21(24)22(18-7-3-4-8-19(18)25-20)14-15-9-10-16-5-1-2-6-17(16)13-15/h1-10,13,20,23H,11-12,14H2. The molecule has 0 fully saturated rings. The lowest BCUT2D eigenvalue weighted by atomic mass is 10.1. The Morgan fingerprint density at radius 2 is 1.72 bits per heavy atom. The Kier molecular flexibility index (Phi) is 4.12. The lowest BCUT2D eigenvalue weighted by molar-refractivity contribution is -0.127. The zero-order valence-corrected chi connectivity index (χ0v) is 13.8. The third-order valence-corrected chi connectivity index (χ3v) is 4.51. The number of para-hydroxylation sites is 2. The van der Waals surface area contributed by atoms with Crippen molar-refractivity contribution >= 4 is 22.4 Å². The fourth-order valence-corrected chi connectivity index (χ4v) is 3.26. The van der Waals surface area contributed by atoms with Crippen molar-refractivity contribution in [2.24, 2.45) is 0 Å². The predicted octanol–water partition coefficient (Wildman–Crippen LogP) is 3.52. The van der Waals surface area contributed by atoms with Gasteiger partial charge in [0.25, 0.3) is 5.91 Å². The maximum Gasteiger partial charge on any atom is 0.268 e. The van der Waals surface area contributed by atoms with Crippen LogP contribution >= 0.6 is 0 Å². The highest BCUT2D eigenvalue weighted by molar-refractivity contribution is 6.00. The number of hydrogen-bond acceptors (Lipinski definition) is 3. The quantitative estimate of drug-likeness (QED) is 0.795. The number of rotatable bonds is 4. The highest BCUT2D eigenvalue weighted by atomic mass is 16.5. The summed E-state index contributed by atoms with van der Waals surface area (Å²) in [5.41, 5.74) is 1.83. The van der Waals surface area contributed by atoms with Gasteiger partial charge in [-0.3, -0.25) is 4.79 Å². The van der Waals surface area contributed by atoms with E-state index in [2.05, 4.69) is 30.3 Å². The molecule has 1 unspecified atom stereocenters. The second kappa shape index (κ2) is 6.57. The van der Waals surface area contributed by atoms with Crippen LogP contribution in [0.4, 0.5) is 5.69 Å². The van der Waals surface area contributed by atoms with Gasteiger partial charge < -0.3 is 14.7 Å². The van der Waals surface area contributed by atoms with Gasteiger partial charge in [0.05, 0.1) is 12.2 Å². The molecule has 1 amide bonds. The first kappa shape index (κ1) is 15.7. The number of hydrogen-bond donors (Lipinski definition) is 1. The Hall–Kier alpha value is -2.85. The van der Waals surface area contributed by atoms with Crippen molar-refractivity contribution in [2.75, 3.05) is 11.5 Å². The molecule has 0 aromatic heterocycles. The average Bonchev–Trinajstić information content (AvgIpc) is 2.65. The normalized spacial score (nSPS) is 16.6. The van der Waals surface area contributed by atoms with Crippen LogP contribution in [0.2, 0.25) is 0 Å². The Labute approximate surface area is 146 Å². The summed E-state index contributed by atoms with van der Waals surface area (Å²) in [4.78, 5) is 14.6. The summed E-state index contributed by atoms with van der Waals surface area (Å²) < 4.78 is 5.77. The van der Waals surface area contributed by atoms with Gasteiger partial charge in [-0.15, -0.1) is 0 Å². The Morgan fingerprint density at radius 1 is 0.960 bits per heavy atom. The average molecular weight is 333 g/mol. The molecule has 0 aliphatic carbocycles. The lowest BCUT2D eigenvalue weighted by Crippen LogP contribution is -2.45. The van der Waals surface area contributed by atoms with Crippen LogP contribution in [0.5, 0.6) is 5.75 Å². The van der Waals surface area contributed by atoms with Crippen LogP contribution in [0.3, 0.4) is 0 Å². The van der Waals surface area contributed by atoms with E-state index in [1.165, 1.54) is 5.39 Å². The van der Waals surface area contributed by atoms with Crippen LogP contribution in [0, 0.1) is 0 Å². The molecule has 0 saturated heterocycles. The van der Waals surface area contributed by atoms with E-state index in [4.69, 9.17) is 4.74 Å². The predicted molar refractivity (Wildman–Crippen MR) is 97.7 cm³/mol. The van der Waals surface area contributed by atoms with Gasteiger partial charge in [-0.2, -0.15) is 0 Å². The van der Waals surface area contributed by atoms with Crippen LogP contribution in [0.25, 0.3) is 10.8 Å². The molecule has 1 aliphatic rings. The fourth-order valence-electron chi connectivity index (χ4n) is 3.26. The van der Waals surface area contributed by atoms with Crippen LogP contribution in [0.15, 0.2) is 66.7 Å². The van der Waals surface area contributed by atoms with Gasteiger partial charge in [0.2, 0.25) is 0 Å². The number of aliphatic hydroxyl groups excluding tert-OH is 1. The number of aliphatic hydroxyl groups is 1. The number of benzene rings is 3. The fraction of sp³-hybridized carbons (Fsp3) is 0.190. The molecule has 0 radical (unpaired) electrons. The summed E-state index contributed by atoms with van der Waals surface area (Å²) in [6, 6.07) is 22.0. The number of fused-ring (bicyclic) bond motifs is 2.